The lowest BCUT2D eigenvalue weighted by molar-refractivity contribution is 0.0703. The first-order chi connectivity index (χ1) is 13.1. The number of aryl methyl sites for hydroxylation is 2. The summed E-state index contributed by atoms with van der Waals surface area (Å²) >= 11 is 0. The molecule has 1 amide bonds. The van der Waals surface area contributed by atoms with Crippen LogP contribution in [0.2, 0.25) is 0 Å². The number of rotatable bonds is 3. The van der Waals surface area contributed by atoms with Crippen LogP contribution in [0.25, 0.3) is 5.65 Å². The highest BCUT2D eigenvalue weighted by Crippen LogP contribution is 2.26. The van der Waals surface area contributed by atoms with Gasteiger partial charge in [0.25, 0.3) is 5.91 Å². The van der Waals surface area contributed by atoms with Crippen LogP contribution in [0.4, 0.5) is 5.82 Å². The molecule has 1 aliphatic rings. The molecule has 148 valence electrons. The second-order valence-corrected chi connectivity index (χ2v) is 8.54. The summed E-state index contributed by atoms with van der Waals surface area (Å²) < 4.78 is 7.31. The van der Waals surface area contributed by atoms with E-state index in [0.29, 0.717) is 11.3 Å². The van der Waals surface area contributed by atoms with E-state index < -0.39 is 0 Å². The summed E-state index contributed by atoms with van der Waals surface area (Å²) in [4.78, 5) is 16.7. The number of hydrogen-bond donors (Lipinski definition) is 0. The van der Waals surface area contributed by atoms with Crippen LogP contribution in [0.15, 0.2) is 22.6 Å². The Morgan fingerprint density at radius 3 is 2.54 bits per heavy atom. The first-order valence-electron chi connectivity index (χ1n) is 9.47. The van der Waals surface area contributed by atoms with Crippen molar-refractivity contribution >= 4 is 17.4 Å². The van der Waals surface area contributed by atoms with Gasteiger partial charge in [-0.25, -0.2) is 0 Å². The Kier molecular flexibility index (Phi) is 4.17. The molecule has 0 unspecified atom stereocenters. The van der Waals surface area contributed by atoms with E-state index in [2.05, 4.69) is 35.9 Å². The van der Waals surface area contributed by atoms with Gasteiger partial charge in [-0.1, -0.05) is 20.8 Å². The van der Waals surface area contributed by atoms with E-state index in [1.54, 1.807) is 11.0 Å². The minimum absolute atomic E-state index is 0.00348. The Labute approximate surface area is 164 Å². The third-order valence-electron chi connectivity index (χ3n) is 5.25. The Bertz CT molecular complexity index is 1040. The van der Waals surface area contributed by atoms with Gasteiger partial charge in [-0.15, -0.1) is 15.3 Å². The second-order valence-electron chi connectivity index (χ2n) is 8.54. The highest BCUT2D eigenvalue weighted by Gasteiger charge is 2.35. The molecule has 8 nitrogen and oxygen atoms in total. The van der Waals surface area contributed by atoms with Gasteiger partial charge in [0, 0.05) is 25.6 Å². The van der Waals surface area contributed by atoms with E-state index in [4.69, 9.17) is 9.52 Å². The summed E-state index contributed by atoms with van der Waals surface area (Å²) in [6.45, 7) is 11.4. The zero-order chi connectivity index (χ0) is 20.2. The summed E-state index contributed by atoms with van der Waals surface area (Å²) in [6.07, 6.45) is 0. The normalized spacial score (nSPS) is 15.1. The molecule has 0 atom stereocenters. The van der Waals surface area contributed by atoms with Crippen LogP contribution >= 0.6 is 0 Å². The Hall–Kier alpha value is -2.90. The molecule has 4 heterocycles. The van der Waals surface area contributed by atoms with Crippen molar-refractivity contribution in [2.45, 2.75) is 46.1 Å². The Morgan fingerprint density at radius 2 is 1.93 bits per heavy atom. The van der Waals surface area contributed by atoms with Gasteiger partial charge >= 0.3 is 0 Å². The van der Waals surface area contributed by atoms with E-state index >= 15 is 0 Å². The molecule has 4 rings (SSSR count). The van der Waals surface area contributed by atoms with Gasteiger partial charge in [-0.3, -0.25) is 4.79 Å². The van der Waals surface area contributed by atoms with Gasteiger partial charge in [-0.2, -0.15) is 4.52 Å². The average molecular weight is 382 g/mol. The van der Waals surface area contributed by atoms with Gasteiger partial charge in [0.05, 0.1) is 11.6 Å². The zero-order valence-corrected chi connectivity index (χ0v) is 17.2. The van der Waals surface area contributed by atoms with Crippen molar-refractivity contribution in [3.8, 4) is 0 Å². The highest BCUT2D eigenvalue weighted by molar-refractivity contribution is 5.95. The molecule has 0 radical (unpaired) electrons. The quantitative estimate of drug-likeness (QED) is 0.693. The van der Waals surface area contributed by atoms with Crippen molar-refractivity contribution in [3.05, 3.63) is 41.1 Å². The number of furan rings is 1. The van der Waals surface area contributed by atoms with Crippen molar-refractivity contribution in [1.29, 1.82) is 0 Å². The first-order valence-corrected chi connectivity index (χ1v) is 9.47. The summed E-state index contributed by atoms with van der Waals surface area (Å²) in [5.74, 6) is 3.12. The molecule has 3 aromatic heterocycles. The standard InChI is InChI=1S/C20H26N6O2/c1-12-9-15(13(2)28-12)18(27)24(6)14-10-25(11-14)17-8-7-16-21-22-19(20(3,4)5)26(16)23-17/h7-9,14H,10-11H2,1-6H3. The van der Waals surface area contributed by atoms with Crippen LogP contribution in [0.5, 0.6) is 0 Å². The number of nitrogens with zero attached hydrogens (tertiary/aromatic N) is 6. The SMILES string of the molecule is Cc1cc(C(=O)N(C)C2CN(c3ccc4nnc(C(C)(C)C)n4n3)C2)c(C)o1. The first kappa shape index (κ1) is 18.5. The van der Waals surface area contributed by atoms with E-state index in [0.717, 1.165) is 36.1 Å². The number of anilines is 1. The summed E-state index contributed by atoms with van der Waals surface area (Å²) in [5, 5.41) is 13.2. The maximum absolute atomic E-state index is 12.8. The number of fused-ring (bicyclic) bond motifs is 1. The van der Waals surface area contributed by atoms with Crippen molar-refractivity contribution in [2.24, 2.45) is 0 Å². The predicted octanol–water partition coefficient (Wildman–Crippen LogP) is 2.59. The minimum Gasteiger partial charge on any atom is -0.466 e. The molecule has 28 heavy (non-hydrogen) atoms. The van der Waals surface area contributed by atoms with E-state index in [1.165, 1.54) is 0 Å². The fourth-order valence-electron chi connectivity index (χ4n) is 3.50. The van der Waals surface area contributed by atoms with Crippen molar-refractivity contribution in [2.75, 3.05) is 25.0 Å². The number of hydrogen-bond acceptors (Lipinski definition) is 6. The van der Waals surface area contributed by atoms with Crippen molar-refractivity contribution in [3.63, 3.8) is 0 Å². The predicted molar refractivity (Wildman–Crippen MR) is 106 cm³/mol. The molecular weight excluding hydrogens is 356 g/mol. The molecular formula is C20H26N6O2. The molecule has 3 aromatic rings. The van der Waals surface area contributed by atoms with Crippen molar-refractivity contribution < 1.29 is 9.21 Å². The van der Waals surface area contributed by atoms with Crippen molar-refractivity contribution in [1.82, 2.24) is 24.7 Å². The average Bonchev–Trinajstić information content (AvgIpc) is 3.14. The molecule has 0 saturated carbocycles. The molecule has 1 fully saturated rings. The lowest BCUT2D eigenvalue weighted by Crippen LogP contribution is -2.60. The van der Waals surface area contributed by atoms with Crippen LogP contribution in [0.3, 0.4) is 0 Å². The zero-order valence-electron chi connectivity index (χ0n) is 17.2. The van der Waals surface area contributed by atoms with Crippen LogP contribution in [-0.4, -0.2) is 56.8 Å². The number of aromatic nitrogens is 4. The van der Waals surface area contributed by atoms with Crippen LogP contribution in [-0.2, 0) is 5.41 Å². The minimum atomic E-state index is -0.143. The number of amides is 1. The molecule has 0 bridgehead atoms. The monoisotopic (exact) mass is 382 g/mol. The Balaban J connectivity index is 1.49. The molecule has 1 aliphatic heterocycles. The molecule has 0 aliphatic carbocycles. The van der Waals surface area contributed by atoms with Crippen LogP contribution in [0, 0.1) is 13.8 Å². The van der Waals surface area contributed by atoms with E-state index in [1.807, 2.05) is 37.5 Å². The lowest BCUT2D eigenvalue weighted by Gasteiger charge is -2.44. The third-order valence-corrected chi connectivity index (χ3v) is 5.25. The van der Waals surface area contributed by atoms with Gasteiger partial charge in [0.1, 0.15) is 17.3 Å². The fourth-order valence-corrected chi connectivity index (χ4v) is 3.50. The molecule has 8 heteroatoms. The molecule has 0 aromatic carbocycles. The Morgan fingerprint density at radius 1 is 1.21 bits per heavy atom. The molecule has 0 spiro atoms. The maximum atomic E-state index is 12.8. The lowest BCUT2D eigenvalue weighted by atomic mass is 9.96. The topological polar surface area (TPSA) is 79.8 Å². The summed E-state index contributed by atoms with van der Waals surface area (Å²) in [7, 11) is 1.85. The molecule has 0 N–H and O–H groups in total. The summed E-state index contributed by atoms with van der Waals surface area (Å²) in [5.41, 5.74) is 1.23. The van der Waals surface area contributed by atoms with E-state index in [9.17, 15) is 4.79 Å². The largest absolute Gasteiger partial charge is 0.466 e. The number of carbonyl (C=O) groups excluding carboxylic acids is 1. The fraction of sp³-hybridized carbons (Fsp3) is 0.500. The number of likely N-dealkylation sites (N-methyl/N-ethyl adjacent to an activating group) is 1. The van der Waals surface area contributed by atoms with Crippen LogP contribution in [0.1, 0.15) is 48.5 Å². The van der Waals surface area contributed by atoms with Gasteiger partial charge in [-0.05, 0) is 32.0 Å². The second kappa shape index (κ2) is 6.32. The third kappa shape index (κ3) is 3.02. The smallest absolute Gasteiger partial charge is 0.257 e. The number of carbonyl (C=O) groups is 1. The van der Waals surface area contributed by atoms with E-state index in [-0.39, 0.29) is 17.4 Å². The summed E-state index contributed by atoms with van der Waals surface area (Å²) in [6, 6.07) is 5.84. The van der Waals surface area contributed by atoms with Gasteiger partial charge in [0.15, 0.2) is 11.5 Å². The highest BCUT2D eigenvalue weighted by atomic mass is 16.3. The van der Waals surface area contributed by atoms with Crippen LogP contribution < -0.4 is 4.90 Å². The van der Waals surface area contributed by atoms with Gasteiger partial charge < -0.3 is 14.2 Å². The maximum Gasteiger partial charge on any atom is 0.257 e. The molecule has 1 saturated heterocycles. The van der Waals surface area contributed by atoms with Gasteiger partial charge in [0.2, 0.25) is 0 Å².